The number of anilines is 2. The number of halogens is 3. The van der Waals surface area contributed by atoms with Crippen LogP contribution in [-0.2, 0) is 14.3 Å². The summed E-state index contributed by atoms with van der Waals surface area (Å²) < 4.78 is 51.6. The molecule has 0 bridgehead atoms. The van der Waals surface area contributed by atoms with Crippen molar-refractivity contribution in [2.45, 2.75) is 43.6 Å². The van der Waals surface area contributed by atoms with Crippen molar-refractivity contribution in [2.24, 2.45) is 0 Å². The zero-order chi connectivity index (χ0) is 29.2. The second-order valence-electron chi connectivity index (χ2n) is 10.7. The molecule has 1 N–H and O–H groups in total. The molecule has 4 aromatic rings. The van der Waals surface area contributed by atoms with Crippen LogP contribution in [0, 0.1) is 0 Å². The molecule has 3 saturated heterocycles. The molecule has 3 atom stereocenters. The van der Waals surface area contributed by atoms with Crippen molar-refractivity contribution < 1.29 is 37.3 Å². The van der Waals surface area contributed by atoms with Crippen LogP contribution in [0.15, 0.2) is 40.9 Å². The van der Waals surface area contributed by atoms with Crippen LogP contribution in [0.1, 0.15) is 25.6 Å². The lowest BCUT2D eigenvalue weighted by Crippen LogP contribution is -2.68. The van der Waals surface area contributed by atoms with E-state index in [1.165, 1.54) is 11.1 Å². The topological polar surface area (TPSA) is 123 Å². The van der Waals surface area contributed by atoms with Crippen LogP contribution < -0.4 is 14.5 Å². The van der Waals surface area contributed by atoms with Gasteiger partial charge in [-0.15, -0.1) is 0 Å². The number of nitrogens with zero attached hydrogens (tertiary/aromatic N) is 5. The van der Waals surface area contributed by atoms with Crippen LogP contribution >= 0.6 is 11.6 Å². The predicted octanol–water partition coefficient (Wildman–Crippen LogP) is 4.47. The van der Waals surface area contributed by atoms with E-state index in [0.717, 1.165) is 0 Å². The number of fused-ring (bicyclic) bond motifs is 3. The Hall–Kier alpha value is -3.81. The molecule has 1 aromatic carbocycles. The van der Waals surface area contributed by atoms with Crippen molar-refractivity contribution in [2.75, 3.05) is 42.7 Å². The van der Waals surface area contributed by atoms with Gasteiger partial charge >= 0.3 is 5.97 Å². The van der Waals surface area contributed by atoms with Crippen LogP contribution in [0.25, 0.3) is 22.1 Å². The standard InChI is InChI=1S/C28H26ClF2N5O6/c1-14-28(12-39-13-28)40-7-6-35(14)18-8-15(29)10-32-26(18)41-16-9-19(27(37)38)36(11-16)25-22-21(33-24(34-25)23(30)31)17-4-2-3-5-20(17)42-22/h2-5,8,10,14,16,19,23H,6-7,9,11-13H2,1H3,(H,37,38)/t14-,16-,19-/m0/s1. The molecule has 3 aliphatic heterocycles. The summed E-state index contributed by atoms with van der Waals surface area (Å²) in [7, 11) is 0. The second kappa shape index (κ2) is 10.2. The maximum absolute atomic E-state index is 13.9. The number of morpholine rings is 1. The highest BCUT2D eigenvalue weighted by molar-refractivity contribution is 6.30. The maximum atomic E-state index is 13.9. The van der Waals surface area contributed by atoms with Gasteiger partial charge in [0.25, 0.3) is 6.43 Å². The van der Waals surface area contributed by atoms with Gasteiger partial charge in [-0.25, -0.2) is 28.5 Å². The highest BCUT2D eigenvalue weighted by Gasteiger charge is 2.50. The Morgan fingerprint density at radius 1 is 1.24 bits per heavy atom. The number of aromatic nitrogens is 3. The average molecular weight is 602 g/mol. The molecule has 11 nitrogen and oxygen atoms in total. The molecule has 0 aliphatic carbocycles. The first-order valence-corrected chi connectivity index (χ1v) is 13.9. The molecule has 0 radical (unpaired) electrons. The third kappa shape index (κ3) is 4.38. The van der Waals surface area contributed by atoms with Gasteiger partial charge in [0.15, 0.2) is 17.2 Å². The van der Waals surface area contributed by atoms with E-state index in [9.17, 15) is 18.7 Å². The minimum atomic E-state index is -2.97. The first kappa shape index (κ1) is 27.0. The Kier molecular flexibility index (Phi) is 6.55. The Balaban J connectivity index is 1.24. The van der Waals surface area contributed by atoms with E-state index >= 15 is 0 Å². The molecule has 7 rings (SSSR count). The maximum Gasteiger partial charge on any atom is 0.326 e. The van der Waals surface area contributed by atoms with Gasteiger partial charge in [0.05, 0.1) is 37.4 Å². The number of rotatable bonds is 6. The summed E-state index contributed by atoms with van der Waals surface area (Å²) in [5.41, 5.74) is 0.961. The third-order valence-corrected chi connectivity index (χ3v) is 8.47. The molecule has 0 saturated carbocycles. The molecule has 42 heavy (non-hydrogen) atoms. The van der Waals surface area contributed by atoms with Gasteiger partial charge in [0, 0.05) is 24.5 Å². The fraction of sp³-hybridized carbons (Fsp3) is 0.429. The molecule has 3 fully saturated rings. The molecule has 0 amide bonds. The quantitative estimate of drug-likeness (QED) is 0.337. The lowest BCUT2D eigenvalue weighted by atomic mass is 9.90. The van der Waals surface area contributed by atoms with Crippen LogP contribution in [0.5, 0.6) is 5.88 Å². The number of carbonyl (C=O) groups is 1. The highest BCUT2D eigenvalue weighted by Crippen LogP contribution is 2.41. The Morgan fingerprint density at radius 2 is 2.05 bits per heavy atom. The molecule has 14 heteroatoms. The predicted molar refractivity (Wildman–Crippen MR) is 148 cm³/mol. The minimum Gasteiger partial charge on any atom is -0.480 e. The zero-order valence-corrected chi connectivity index (χ0v) is 23.1. The number of alkyl halides is 2. The van der Waals surface area contributed by atoms with Gasteiger partial charge in [-0.3, -0.25) is 0 Å². The SMILES string of the molecule is C[C@@H]1N(c2cc(Cl)cnc2O[C@H]2C[C@@H](C(=O)O)N(c3nc(C(F)F)nc4c3oc3ccccc34)C2)CCOC12COC2. The molecule has 0 unspecified atom stereocenters. The number of furan rings is 1. The van der Waals surface area contributed by atoms with E-state index in [1.807, 2.05) is 6.92 Å². The average Bonchev–Trinajstić information content (AvgIpc) is 3.54. The summed E-state index contributed by atoms with van der Waals surface area (Å²) in [4.78, 5) is 28.6. The number of carboxylic acids is 1. The summed E-state index contributed by atoms with van der Waals surface area (Å²) in [5, 5.41) is 11.1. The van der Waals surface area contributed by atoms with Crippen LogP contribution in [0.2, 0.25) is 5.02 Å². The number of hydrogen-bond acceptors (Lipinski definition) is 10. The molecule has 3 aliphatic rings. The lowest BCUT2D eigenvalue weighted by molar-refractivity contribution is -0.228. The summed E-state index contributed by atoms with van der Waals surface area (Å²) in [5.74, 6) is -1.61. The number of benzene rings is 1. The molecular formula is C28H26ClF2N5O6. The largest absolute Gasteiger partial charge is 0.480 e. The summed E-state index contributed by atoms with van der Waals surface area (Å²) in [6.45, 7) is 4.06. The van der Waals surface area contributed by atoms with Crippen molar-refractivity contribution in [1.29, 1.82) is 0 Å². The first-order valence-electron chi connectivity index (χ1n) is 13.5. The second-order valence-corrected chi connectivity index (χ2v) is 11.2. The minimum absolute atomic E-state index is 0.0250. The molecular weight excluding hydrogens is 576 g/mol. The van der Waals surface area contributed by atoms with Crippen molar-refractivity contribution in [1.82, 2.24) is 15.0 Å². The Labute approximate surface area is 242 Å². The zero-order valence-electron chi connectivity index (χ0n) is 22.4. The van der Waals surface area contributed by atoms with Crippen LogP contribution in [0.3, 0.4) is 0 Å². The van der Waals surface area contributed by atoms with E-state index in [1.54, 1.807) is 30.3 Å². The van der Waals surface area contributed by atoms with Crippen LogP contribution in [-0.4, -0.2) is 82.7 Å². The van der Waals surface area contributed by atoms with E-state index < -0.39 is 36.0 Å². The number of hydrogen-bond donors (Lipinski definition) is 1. The summed E-state index contributed by atoms with van der Waals surface area (Å²) in [6, 6.07) is 7.46. The fourth-order valence-electron chi connectivity index (χ4n) is 6.01. The molecule has 220 valence electrons. The van der Waals surface area contributed by atoms with Crippen LogP contribution in [0.4, 0.5) is 20.3 Å². The lowest BCUT2D eigenvalue weighted by Gasteiger charge is -2.53. The fourth-order valence-corrected chi connectivity index (χ4v) is 6.16. The van der Waals surface area contributed by atoms with Crippen molar-refractivity contribution in [3.05, 3.63) is 47.4 Å². The molecule has 6 heterocycles. The number of ether oxygens (including phenoxy) is 3. The van der Waals surface area contributed by atoms with Crippen molar-refractivity contribution >= 4 is 51.1 Å². The first-order chi connectivity index (χ1) is 20.2. The normalized spacial score (nSPS) is 23.7. The monoisotopic (exact) mass is 601 g/mol. The van der Waals surface area contributed by atoms with E-state index in [2.05, 4.69) is 19.9 Å². The summed E-state index contributed by atoms with van der Waals surface area (Å²) in [6.07, 6.45) is -2.13. The van der Waals surface area contributed by atoms with Gasteiger partial charge in [0.2, 0.25) is 5.88 Å². The highest BCUT2D eigenvalue weighted by atomic mass is 35.5. The Bertz CT molecular complexity index is 1680. The van der Waals surface area contributed by atoms with Crippen molar-refractivity contribution in [3.63, 3.8) is 0 Å². The van der Waals surface area contributed by atoms with Gasteiger partial charge in [-0.2, -0.15) is 0 Å². The van der Waals surface area contributed by atoms with Crippen molar-refractivity contribution in [3.8, 4) is 5.88 Å². The number of carboxylic acid groups (broad SMARTS) is 1. The number of para-hydroxylation sites is 1. The molecule has 3 aromatic heterocycles. The Morgan fingerprint density at radius 3 is 2.79 bits per heavy atom. The smallest absolute Gasteiger partial charge is 0.326 e. The molecule has 1 spiro atoms. The van der Waals surface area contributed by atoms with Gasteiger partial charge in [0.1, 0.15) is 34.5 Å². The third-order valence-electron chi connectivity index (χ3n) is 8.26. The summed E-state index contributed by atoms with van der Waals surface area (Å²) >= 11 is 6.34. The van der Waals surface area contributed by atoms with E-state index in [4.69, 9.17) is 30.2 Å². The van der Waals surface area contributed by atoms with Gasteiger partial charge < -0.3 is 33.5 Å². The van der Waals surface area contributed by atoms with E-state index in [0.29, 0.717) is 48.0 Å². The van der Waals surface area contributed by atoms with E-state index in [-0.39, 0.29) is 41.8 Å². The number of aliphatic carboxylic acids is 1. The number of pyridine rings is 1. The van der Waals surface area contributed by atoms with Gasteiger partial charge in [-0.1, -0.05) is 23.7 Å². The van der Waals surface area contributed by atoms with Gasteiger partial charge in [-0.05, 0) is 25.1 Å².